The molecule has 2 aromatic rings. The Kier molecular flexibility index (Phi) is 3.28. The molecule has 0 saturated heterocycles. The third-order valence-corrected chi connectivity index (χ3v) is 3.38. The van der Waals surface area contributed by atoms with Gasteiger partial charge in [0.25, 0.3) is 0 Å². The van der Waals surface area contributed by atoms with Crippen LogP contribution in [0.5, 0.6) is 0 Å². The van der Waals surface area contributed by atoms with E-state index in [0.717, 1.165) is 10.0 Å². The van der Waals surface area contributed by atoms with Gasteiger partial charge in [-0.2, -0.15) is 0 Å². The highest BCUT2D eigenvalue weighted by atomic mass is 79.9. The van der Waals surface area contributed by atoms with Crippen LogP contribution < -0.4 is 0 Å². The van der Waals surface area contributed by atoms with Crippen LogP contribution in [0.3, 0.4) is 0 Å². The van der Waals surface area contributed by atoms with Crippen molar-refractivity contribution < 1.29 is 9.90 Å². The van der Waals surface area contributed by atoms with Crippen LogP contribution in [0.4, 0.5) is 0 Å². The Bertz CT molecular complexity index is 551. The zero-order chi connectivity index (χ0) is 12.4. The molecule has 0 amide bonds. The average molecular weight is 295 g/mol. The minimum Gasteiger partial charge on any atom is -0.477 e. The van der Waals surface area contributed by atoms with E-state index >= 15 is 0 Å². The summed E-state index contributed by atoms with van der Waals surface area (Å²) in [4.78, 5) is 14.9. The lowest BCUT2D eigenvalue weighted by molar-refractivity contribution is 0.0684. The molecular formula is C12H11BrN2O2. The molecule has 0 unspecified atom stereocenters. The summed E-state index contributed by atoms with van der Waals surface area (Å²) in [5.74, 6) is -0.971. The summed E-state index contributed by atoms with van der Waals surface area (Å²) in [5, 5.41) is 9.05. The lowest BCUT2D eigenvalue weighted by Gasteiger charge is -2.16. The van der Waals surface area contributed by atoms with Gasteiger partial charge in [0.2, 0.25) is 0 Å². The smallest absolute Gasteiger partial charge is 0.354 e. The van der Waals surface area contributed by atoms with E-state index in [-0.39, 0.29) is 11.7 Å². The van der Waals surface area contributed by atoms with E-state index in [4.69, 9.17) is 5.11 Å². The number of carboxylic acids is 1. The van der Waals surface area contributed by atoms with E-state index in [1.54, 1.807) is 4.57 Å². The number of carbonyl (C=O) groups is 1. The van der Waals surface area contributed by atoms with E-state index < -0.39 is 5.97 Å². The number of halogens is 1. The first kappa shape index (κ1) is 11.9. The Morgan fingerprint density at radius 2 is 2.18 bits per heavy atom. The molecule has 0 aliphatic carbocycles. The van der Waals surface area contributed by atoms with Gasteiger partial charge in [-0.25, -0.2) is 9.78 Å². The predicted molar refractivity (Wildman–Crippen MR) is 67.1 cm³/mol. The molecule has 1 heterocycles. The second kappa shape index (κ2) is 4.71. The number of imidazole rings is 1. The molecule has 1 aromatic carbocycles. The summed E-state index contributed by atoms with van der Waals surface area (Å²) in [6.07, 6.45) is 2.89. The summed E-state index contributed by atoms with van der Waals surface area (Å²) in [6.45, 7) is 1.94. The van der Waals surface area contributed by atoms with E-state index in [1.807, 2.05) is 31.2 Å². The fourth-order valence-corrected chi connectivity index (χ4v) is 2.36. The maximum absolute atomic E-state index is 11.0. The van der Waals surface area contributed by atoms with Gasteiger partial charge in [0, 0.05) is 4.47 Å². The van der Waals surface area contributed by atoms with Gasteiger partial charge in [0.15, 0.2) is 0 Å². The van der Waals surface area contributed by atoms with Crippen molar-refractivity contribution in [3.05, 3.63) is 52.5 Å². The summed E-state index contributed by atoms with van der Waals surface area (Å²) >= 11 is 3.46. The largest absolute Gasteiger partial charge is 0.477 e. The maximum atomic E-state index is 11.0. The standard InChI is InChI=1S/C12H11BrN2O2/c1-8(9-4-2-3-5-10(9)13)15-7-14-6-11(15)12(16)17/h2-8H,1H3,(H,16,17)/t8-/m0/s1. The normalized spacial score (nSPS) is 12.4. The third kappa shape index (κ3) is 2.24. The van der Waals surface area contributed by atoms with Gasteiger partial charge in [-0.15, -0.1) is 0 Å². The summed E-state index contributed by atoms with van der Waals surface area (Å²) in [7, 11) is 0. The van der Waals surface area contributed by atoms with E-state index in [2.05, 4.69) is 20.9 Å². The van der Waals surface area contributed by atoms with Crippen LogP contribution in [-0.2, 0) is 0 Å². The van der Waals surface area contributed by atoms with Gasteiger partial charge in [0.1, 0.15) is 5.69 Å². The highest BCUT2D eigenvalue weighted by molar-refractivity contribution is 9.10. The number of rotatable bonds is 3. The van der Waals surface area contributed by atoms with Gasteiger partial charge in [-0.1, -0.05) is 34.1 Å². The number of hydrogen-bond donors (Lipinski definition) is 1. The van der Waals surface area contributed by atoms with Crippen LogP contribution in [0, 0.1) is 0 Å². The van der Waals surface area contributed by atoms with Crippen molar-refractivity contribution in [3.63, 3.8) is 0 Å². The molecule has 0 fully saturated rings. The summed E-state index contributed by atoms with van der Waals surface area (Å²) < 4.78 is 2.60. The molecule has 0 aliphatic rings. The van der Waals surface area contributed by atoms with Gasteiger partial charge in [0.05, 0.1) is 18.6 Å². The molecule has 4 nitrogen and oxygen atoms in total. The van der Waals surface area contributed by atoms with Crippen LogP contribution in [0.2, 0.25) is 0 Å². The molecule has 0 bridgehead atoms. The minimum absolute atomic E-state index is 0.0841. The van der Waals surface area contributed by atoms with Crippen LogP contribution in [-0.4, -0.2) is 20.6 Å². The number of nitrogens with zero attached hydrogens (tertiary/aromatic N) is 2. The van der Waals surface area contributed by atoms with Crippen molar-refractivity contribution in [2.75, 3.05) is 0 Å². The van der Waals surface area contributed by atoms with Gasteiger partial charge >= 0.3 is 5.97 Å². The number of aromatic carboxylic acids is 1. The van der Waals surface area contributed by atoms with Crippen LogP contribution in [0.1, 0.15) is 29.0 Å². The Labute approximate surface area is 107 Å². The molecule has 2 rings (SSSR count). The Morgan fingerprint density at radius 1 is 1.47 bits per heavy atom. The van der Waals surface area contributed by atoms with Crippen molar-refractivity contribution in [1.82, 2.24) is 9.55 Å². The minimum atomic E-state index is -0.971. The fraction of sp³-hybridized carbons (Fsp3) is 0.167. The van der Waals surface area contributed by atoms with Crippen LogP contribution in [0.25, 0.3) is 0 Å². The van der Waals surface area contributed by atoms with Crippen molar-refractivity contribution >= 4 is 21.9 Å². The van der Waals surface area contributed by atoms with Crippen molar-refractivity contribution in [1.29, 1.82) is 0 Å². The number of aromatic nitrogens is 2. The first-order valence-electron chi connectivity index (χ1n) is 5.11. The van der Waals surface area contributed by atoms with E-state index in [9.17, 15) is 4.79 Å². The molecule has 5 heteroatoms. The van der Waals surface area contributed by atoms with E-state index in [1.165, 1.54) is 12.5 Å². The molecule has 1 atom stereocenters. The number of benzene rings is 1. The SMILES string of the molecule is C[C@@H](c1ccccc1Br)n1cncc1C(=O)O. The third-order valence-electron chi connectivity index (χ3n) is 2.66. The molecule has 0 saturated carbocycles. The number of carboxylic acid groups (broad SMARTS) is 1. The highest BCUT2D eigenvalue weighted by Crippen LogP contribution is 2.26. The predicted octanol–water partition coefficient (Wildman–Crippen LogP) is 2.95. The van der Waals surface area contributed by atoms with Gasteiger partial charge in [-0.05, 0) is 18.6 Å². The van der Waals surface area contributed by atoms with E-state index in [0.29, 0.717) is 0 Å². The lowest BCUT2D eigenvalue weighted by Crippen LogP contribution is -2.13. The van der Waals surface area contributed by atoms with Crippen LogP contribution in [0.15, 0.2) is 41.3 Å². The maximum Gasteiger partial charge on any atom is 0.354 e. The van der Waals surface area contributed by atoms with Crippen molar-refractivity contribution in [3.8, 4) is 0 Å². The quantitative estimate of drug-likeness (QED) is 0.947. The van der Waals surface area contributed by atoms with Gasteiger partial charge < -0.3 is 9.67 Å². The molecule has 1 N–H and O–H groups in total. The Hall–Kier alpha value is -1.62. The van der Waals surface area contributed by atoms with Gasteiger partial charge in [-0.3, -0.25) is 0 Å². The summed E-state index contributed by atoms with van der Waals surface area (Å²) in [6, 6.07) is 7.66. The second-order valence-electron chi connectivity index (χ2n) is 3.69. The average Bonchev–Trinajstić information content (AvgIpc) is 2.77. The zero-order valence-corrected chi connectivity index (χ0v) is 10.8. The molecule has 0 aliphatic heterocycles. The molecule has 0 spiro atoms. The number of hydrogen-bond acceptors (Lipinski definition) is 2. The Morgan fingerprint density at radius 3 is 2.82 bits per heavy atom. The summed E-state index contributed by atoms with van der Waals surface area (Å²) in [5.41, 5.74) is 1.21. The first-order valence-corrected chi connectivity index (χ1v) is 5.90. The van der Waals surface area contributed by atoms with Crippen molar-refractivity contribution in [2.24, 2.45) is 0 Å². The monoisotopic (exact) mass is 294 g/mol. The highest BCUT2D eigenvalue weighted by Gasteiger charge is 2.17. The van der Waals surface area contributed by atoms with Crippen LogP contribution >= 0.6 is 15.9 Å². The molecule has 17 heavy (non-hydrogen) atoms. The second-order valence-corrected chi connectivity index (χ2v) is 4.54. The lowest BCUT2D eigenvalue weighted by atomic mass is 10.1. The molecule has 1 aromatic heterocycles. The fourth-order valence-electron chi connectivity index (χ4n) is 1.74. The van der Waals surface area contributed by atoms with Crippen molar-refractivity contribution in [2.45, 2.75) is 13.0 Å². The first-order chi connectivity index (χ1) is 8.11. The molecule has 0 radical (unpaired) electrons. The molecule has 88 valence electrons. The Balaban J connectivity index is 2.44. The zero-order valence-electron chi connectivity index (χ0n) is 9.17. The topological polar surface area (TPSA) is 55.1 Å². The molecular weight excluding hydrogens is 284 g/mol.